The van der Waals surface area contributed by atoms with E-state index in [1.165, 1.54) is 21.3 Å². The molecule has 0 heterocycles. The molecule has 0 unspecified atom stereocenters. The van der Waals surface area contributed by atoms with Gasteiger partial charge in [-0.05, 0) is 31.5 Å². The van der Waals surface area contributed by atoms with Gasteiger partial charge in [0.25, 0.3) is 0 Å². The monoisotopic (exact) mass is 295 g/mol. The molecule has 0 radical (unpaired) electrons. The first kappa shape index (κ1) is 16.8. The normalized spacial score (nSPS) is 10.4. The van der Waals surface area contributed by atoms with Gasteiger partial charge in [-0.3, -0.25) is 9.59 Å². The minimum Gasteiger partial charge on any atom is -0.495 e. The first-order valence-corrected chi connectivity index (χ1v) is 6.54. The SMILES string of the molecule is COC(=O)C(C(=O)OC)c1ccc(NC(C)C)c(OC)c1. The lowest BCUT2D eigenvalue weighted by atomic mass is 9.98. The molecule has 0 saturated heterocycles. The third-order valence-corrected chi connectivity index (χ3v) is 2.88. The third-order valence-electron chi connectivity index (χ3n) is 2.88. The van der Waals surface area contributed by atoms with E-state index in [4.69, 9.17) is 4.74 Å². The maximum Gasteiger partial charge on any atom is 0.324 e. The number of methoxy groups -OCH3 is 3. The molecule has 0 bridgehead atoms. The molecule has 0 amide bonds. The van der Waals surface area contributed by atoms with Crippen molar-refractivity contribution in [3.8, 4) is 5.75 Å². The molecule has 1 aromatic rings. The molecule has 0 aliphatic heterocycles. The van der Waals surface area contributed by atoms with Crippen molar-refractivity contribution in [3.05, 3.63) is 23.8 Å². The van der Waals surface area contributed by atoms with Gasteiger partial charge in [-0.25, -0.2) is 0 Å². The first-order chi connectivity index (χ1) is 9.94. The maximum absolute atomic E-state index is 11.8. The van der Waals surface area contributed by atoms with Gasteiger partial charge >= 0.3 is 11.9 Å². The molecule has 6 nitrogen and oxygen atoms in total. The number of rotatable bonds is 6. The van der Waals surface area contributed by atoms with Gasteiger partial charge < -0.3 is 19.5 Å². The highest BCUT2D eigenvalue weighted by atomic mass is 16.5. The highest BCUT2D eigenvalue weighted by Gasteiger charge is 2.31. The van der Waals surface area contributed by atoms with E-state index in [0.717, 1.165) is 5.69 Å². The summed E-state index contributed by atoms with van der Waals surface area (Å²) >= 11 is 0. The van der Waals surface area contributed by atoms with Gasteiger partial charge in [0.05, 0.1) is 27.0 Å². The molecule has 0 aliphatic carbocycles. The van der Waals surface area contributed by atoms with Crippen molar-refractivity contribution in [2.24, 2.45) is 0 Å². The molecule has 1 N–H and O–H groups in total. The largest absolute Gasteiger partial charge is 0.495 e. The number of anilines is 1. The maximum atomic E-state index is 11.8. The number of carbonyl (C=O) groups excluding carboxylic acids is 2. The third kappa shape index (κ3) is 4.11. The van der Waals surface area contributed by atoms with E-state index in [9.17, 15) is 9.59 Å². The van der Waals surface area contributed by atoms with Crippen LogP contribution in [-0.2, 0) is 19.1 Å². The molecule has 0 spiro atoms. The zero-order valence-electron chi connectivity index (χ0n) is 12.9. The number of hydrogen-bond donors (Lipinski definition) is 1. The minimum absolute atomic E-state index is 0.224. The van der Waals surface area contributed by atoms with E-state index < -0.39 is 17.9 Å². The van der Waals surface area contributed by atoms with Crippen LogP contribution in [0.3, 0.4) is 0 Å². The molecule has 0 atom stereocenters. The highest BCUT2D eigenvalue weighted by Crippen LogP contribution is 2.30. The summed E-state index contributed by atoms with van der Waals surface area (Å²) in [6, 6.07) is 5.28. The standard InChI is InChI=1S/C15H21NO5/c1-9(2)16-11-7-6-10(8-12(11)19-3)13(14(17)20-4)15(18)21-5/h6-9,13,16H,1-5H3. The lowest BCUT2D eigenvalue weighted by Gasteiger charge is -2.17. The molecule has 1 aromatic carbocycles. The molecule has 6 heteroatoms. The Morgan fingerprint density at radius 2 is 1.62 bits per heavy atom. The van der Waals surface area contributed by atoms with Gasteiger partial charge in [-0.2, -0.15) is 0 Å². The zero-order valence-corrected chi connectivity index (χ0v) is 12.9. The molecule has 0 aliphatic rings. The zero-order chi connectivity index (χ0) is 16.0. The number of benzene rings is 1. The molecule has 116 valence electrons. The van der Waals surface area contributed by atoms with E-state index >= 15 is 0 Å². The highest BCUT2D eigenvalue weighted by molar-refractivity contribution is 6.01. The number of nitrogens with one attached hydrogen (secondary N) is 1. The van der Waals surface area contributed by atoms with Crippen molar-refractivity contribution >= 4 is 17.6 Å². The Balaban J connectivity index is 3.21. The van der Waals surface area contributed by atoms with E-state index in [1.54, 1.807) is 18.2 Å². The Hall–Kier alpha value is -2.24. The predicted molar refractivity (Wildman–Crippen MR) is 78.5 cm³/mol. The van der Waals surface area contributed by atoms with Gasteiger partial charge in [-0.15, -0.1) is 0 Å². The smallest absolute Gasteiger partial charge is 0.324 e. The molecular weight excluding hydrogens is 274 g/mol. The van der Waals surface area contributed by atoms with Crippen LogP contribution in [0.25, 0.3) is 0 Å². The van der Waals surface area contributed by atoms with Crippen molar-refractivity contribution in [1.29, 1.82) is 0 Å². The molecule has 0 fully saturated rings. The van der Waals surface area contributed by atoms with E-state index in [1.807, 2.05) is 13.8 Å². The molecule has 1 rings (SSSR count). The summed E-state index contributed by atoms with van der Waals surface area (Å²) in [4.78, 5) is 23.6. The summed E-state index contributed by atoms with van der Waals surface area (Å²) in [7, 11) is 3.98. The van der Waals surface area contributed by atoms with Gasteiger partial charge in [0, 0.05) is 6.04 Å². The topological polar surface area (TPSA) is 73.9 Å². The summed E-state index contributed by atoms with van der Waals surface area (Å²) in [5, 5.41) is 3.22. The van der Waals surface area contributed by atoms with Gasteiger partial charge in [0.1, 0.15) is 5.75 Å². The van der Waals surface area contributed by atoms with Crippen LogP contribution in [0, 0.1) is 0 Å². The predicted octanol–water partition coefficient (Wildman–Crippen LogP) is 1.95. The Morgan fingerprint density at radius 1 is 1.05 bits per heavy atom. The average molecular weight is 295 g/mol. The number of ether oxygens (including phenoxy) is 3. The summed E-state index contributed by atoms with van der Waals surface area (Å²) in [5.41, 5.74) is 1.24. The van der Waals surface area contributed by atoms with Crippen LogP contribution in [0.5, 0.6) is 5.75 Å². The fourth-order valence-electron chi connectivity index (χ4n) is 1.92. The van der Waals surface area contributed by atoms with Gasteiger partial charge in [0.15, 0.2) is 5.92 Å². The van der Waals surface area contributed by atoms with Crippen molar-refractivity contribution in [1.82, 2.24) is 0 Å². The number of hydrogen-bond acceptors (Lipinski definition) is 6. The fourth-order valence-corrected chi connectivity index (χ4v) is 1.92. The van der Waals surface area contributed by atoms with Gasteiger partial charge in [-0.1, -0.05) is 6.07 Å². The van der Waals surface area contributed by atoms with Crippen molar-refractivity contribution in [3.63, 3.8) is 0 Å². The summed E-state index contributed by atoms with van der Waals surface area (Å²) < 4.78 is 14.6. The molecular formula is C15H21NO5. The quantitative estimate of drug-likeness (QED) is 0.638. The van der Waals surface area contributed by atoms with Gasteiger partial charge in [0.2, 0.25) is 0 Å². The molecule has 0 saturated carbocycles. The van der Waals surface area contributed by atoms with E-state index in [-0.39, 0.29) is 6.04 Å². The van der Waals surface area contributed by atoms with Crippen LogP contribution >= 0.6 is 0 Å². The van der Waals surface area contributed by atoms with Crippen molar-refractivity contribution < 1.29 is 23.8 Å². The molecule has 21 heavy (non-hydrogen) atoms. The lowest BCUT2D eigenvalue weighted by Crippen LogP contribution is -2.24. The van der Waals surface area contributed by atoms with Crippen LogP contribution in [0.2, 0.25) is 0 Å². The number of carbonyl (C=O) groups is 2. The van der Waals surface area contributed by atoms with Crippen LogP contribution in [0.15, 0.2) is 18.2 Å². The Labute approximate surface area is 124 Å². The Morgan fingerprint density at radius 3 is 2.05 bits per heavy atom. The Bertz CT molecular complexity index is 497. The fraction of sp³-hybridized carbons (Fsp3) is 0.467. The second-order valence-corrected chi connectivity index (χ2v) is 4.74. The van der Waals surface area contributed by atoms with Crippen molar-refractivity contribution in [2.75, 3.05) is 26.6 Å². The first-order valence-electron chi connectivity index (χ1n) is 6.54. The lowest BCUT2D eigenvalue weighted by molar-refractivity contribution is -0.154. The van der Waals surface area contributed by atoms with Crippen LogP contribution in [0.1, 0.15) is 25.3 Å². The summed E-state index contributed by atoms with van der Waals surface area (Å²) in [6.07, 6.45) is 0. The van der Waals surface area contributed by atoms with E-state index in [2.05, 4.69) is 14.8 Å². The van der Waals surface area contributed by atoms with Crippen LogP contribution in [0.4, 0.5) is 5.69 Å². The molecule has 0 aromatic heterocycles. The van der Waals surface area contributed by atoms with E-state index in [0.29, 0.717) is 11.3 Å². The average Bonchev–Trinajstić information content (AvgIpc) is 2.47. The Kier molecular flexibility index (Phi) is 6.02. The van der Waals surface area contributed by atoms with Crippen LogP contribution in [-0.4, -0.2) is 39.3 Å². The van der Waals surface area contributed by atoms with Crippen LogP contribution < -0.4 is 10.1 Å². The minimum atomic E-state index is -1.12. The second-order valence-electron chi connectivity index (χ2n) is 4.74. The number of esters is 2. The van der Waals surface area contributed by atoms with Crippen molar-refractivity contribution in [2.45, 2.75) is 25.8 Å². The summed E-state index contributed by atoms with van der Waals surface area (Å²) in [5.74, 6) is -1.93. The summed E-state index contributed by atoms with van der Waals surface area (Å²) in [6.45, 7) is 4.00. The second kappa shape index (κ2) is 7.52.